The van der Waals surface area contributed by atoms with Gasteiger partial charge in [0.25, 0.3) is 0 Å². The summed E-state index contributed by atoms with van der Waals surface area (Å²) in [4.78, 5) is 12.6. The number of anilines is 4. The molecule has 2 aromatic carbocycles. The van der Waals surface area contributed by atoms with Crippen molar-refractivity contribution < 1.29 is 0 Å². The first-order valence-corrected chi connectivity index (χ1v) is 10.2. The van der Waals surface area contributed by atoms with Gasteiger partial charge in [-0.25, -0.2) is 4.98 Å². The molecule has 4 nitrogen and oxygen atoms in total. The average molecular weight is 405 g/mol. The van der Waals surface area contributed by atoms with Crippen LogP contribution in [0.2, 0.25) is 5.02 Å². The summed E-state index contributed by atoms with van der Waals surface area (Å²) in [5.74, 6) is 0.826. The molecule has 1 aliphatic heterocycles. The van der Waals surface area contributed by atoms with Crippen LogP contribution in [0, 0.1) is 6.92 Å². The fraction of sp³-hybridized carbons (Fsp3) is 0.0909. The Labute approximate surface area is 172 Å². The normalized spacial score (nSPS) is 13.0. The quantitative estimate of drug-likeness (QED) is 0.422. The lowest BCUT2D eigenvalue weighted by Crippen LogP contribution is -2.21. The number of halogens is 1. The van der Waals surface area contributed by atoms with Crippen LogP contribution in [0.15, 0.2) is 65.1 Å². The number of hydrogen-bond acceptors (Lipinski definition) is 5. The summed E-state index contributed by atoms with van der Waals surface area (Å²) in [6.07, 6.45) is 3.82. The highest BCUT2D eigenvalue weighted by Gasteiger charge is 2.21. The van der Waals surface area contributed by atoms with E-state index in [1.807, 2.05) is 36.7 Å². The largest absolute Gasteiger partial charge is 0.340 e. The Balaban J connectivity index is 1.64. The van der Waals surface area contributed by atoms with Crippen molar-refractivity contribution in [3.8, 4) is 0 Å². The fourth-order valence-corrected chi connectivity index (χ4v) is 4.49. The molecule has 1 aliphatic rings. The van der Waals surface area contributed by atoms with E-state index < -0.39 is 0 Å². The SMILES string of the molecule is Cc1ccc2c(Nc3ccc(Cl)cc3)nccc2c1N1CN=Cc2sccc21. The molecule has 6 heteroatoms. The van der Waals surface area contributed by atoms with E-state index in [0.29, 0.717) is 11.7 Å². The second-order valence-corrected chi connectivity index (χ2v) is 8.05. The van der Waals surface area contributed by atoms with Crippen LogP contribution in [0.25, 0.3) is 10.8 Å². The number of pyridine rings is 1. The van der Waals surface area contributed by atoms with Crippen LogP contribution in [0.5, 0.6) is 0 Å². The fourth-order valence-electron chi connectivity index (χ4n) is 3.58. The van der Waals surface area contributed by atoms with Crippen molar-refractivity contribution in [2.75, 3.05) is 16.9 Å². The predicted octanol–water partition coefficient (Wildman–Crippen LogP) is 6.53. The number of nitrogens with one attached hydrogen (secondary N) is 1. The molecule has 0 spiro atoms. The van der Waals surface area contributed by atoms with Crippen LogP contribution in [0.4, 0.5) is 22.9 Å². The minimum Gasteiger partial charge on any atom is -0.340 e. The molecule has 0 saturated carbocycles. The smallest absolute Gasteiger partial charge is 0.138 e. The van der Waals surface area contributed by atoms with Gasteiger partial charge in [-0.15, -0.1) is 11.3 Å². The zero-order valence-electron chi connectivity index (χ0n) is 15.2. The number of hydrogen-bond donors (Lipinski definition) is 1. The molecule has 138 valence electrons. The monoisotopic (exact) mass is 404 g/mol. The van der Waals surface area contributed by atoms with Gasteiger partial charge in [-0.3, -0.25) is 4.99 Å². The summed E-state index contributed by atoms with van der Waals surface area (Å²) in [5, 5.41) is 8.48. The highest BCUT2D eigenvalue weighted by atomic mass is 35.5. The molecular weight excluding hydrogens is 388 g/mol. The second kappa shape index (κ2) is 6.93. The highest BCUT2D eigenvalue weighted by Crippen LogP contribution is 2.40. The Morgan fingerprint density at radius 1 is 1.04 bits per heavy atom. The molecule has 0 fully saturated rings. The van der Waals surface area contributed by atoms with E-state index in [1.165, 1.54) is 21.8 Å². The molecule has 5 rings (SSSR count). The summed E-state index contributed by atoms with van der Waals surface area (Å²) < 4.78 is 0. The zero-order valence-corrected chi connectivity index (χ0v) is 16.8. The van der Waals surface area contributed by atoms with Gasteiger partial charge in [-0.1, -0.05) is 23.7 Å². The Bertz CT molecular complexity index is 1200. The molecular formula is C22H17ClN4S. The Morgan fingerprint density at radius 3 is 2.75 bits per heavy atom. The lowest BCUT2D eigenvalue weighted by atomic mass is 10.0. The minimum absolute atomic E-state index is 0.617. The number of benzene rings is 2. The summed E-state index contributed by atoms with van der Waals surface area (Å²) in [5.41, 5.74) is 4.55. The molecule has 28 heavy (non-hydrogen) atoms. The average Bonchev–Trinajstić information content (AvgIpc) is 3.19. The minimum atomic E-state index is 0.617. The lowest BCUT2D eigenvalue weighted by Gasteiger charge is -2.28. The lowest BCUT2D eigenvalue weighted by molar-refractivity contribution is 0.976. The zero-order chi connectivity index (χ0) is 19.1. The molecule has 0 amide bonds. The van der Waals surface area contributed by atoms with Crippen molar-refractivity contribution in [1.82, 2.24) is 4.98 Å². The topological polar surface area (TPSA) is 40.5 Å². The van der Waals surface area contributed by atoms with Gasteiger partial charge in [0.15, 0.2) is 0 Å². The molecule has 0 aliphatic carbocycles. The van der Waals surface area contributed by atoms with Gasteiger partial charge in [-0.05, 0) is 54.3 Å². The standard InChI is InChI=1S/C22H17ClN4S/c1-14-2-7-18-17(21(14)27-13-24-12-20-19(27)9-11-28-20)8-10-25-22(18)26-16-5-3-15(23)4-6-16/h2-12H,13H2,1H3,(H,25,26). The number of rotatable bonds is 3. The Hall–Kier alpha value is -2.89. The van der Waals surface area contributed by atoms with E-state index in [4.69, 9.17) is 11.6 Å². The molecule has 1 N–H and O–H groups in total. The Kier molecular flexibility index (Phi) is 4.26. The van der Waals surface area contributed by atoms with Crippen LogP contribution in [0.3, 0.4) is 0 Å². The predicted molar refractivity (Wildman–Crippen MR) is 120 cm³/mol. The van der Waals surface area contributed by atoms with Crippen LogP contribution >= 0.6 is 22.9 Å². The molecule has 3 heterocycles. The van der Waals surface area contributed by atoms with Crippen molar-refractivity contribution in [2.24, 2.45) is 4.99 Å². The number of thiophene rings is 1. The van der Waals surface area contributed by atoms with Gasteiger partial charge in [0.2, 0.25) is 0 Å². The highest BCUT2D eigenvalue weighted by molar-refractivity contribution is 7.12. The molecule has 0 bridgehead atoms. The molecule has 0 radical (unpaired) electrons. The van der Waals surface area contributed by atoms with Crippen molar-refractivity contribution in [3.05, 3.63) is 75.6 Å². The van der Waals surface area contributed by atoms with Gasteiger partial charge < -0.3 is 10.2 Å². The second-order valence-electron chi connectivity index (χ2n) is 6.67. The number of fused-ring (bicyclic) bond motifs is 2. The van der Waals surface area contributed by atoms with E-state index in [2.05, 4.69) is 56.8 Å². The van der Waals surface area contributed by atoms with Crippen molar-refractivity contribution in [1.29, 1.82) is 0 Å². The number of aliphatic imine (C=N–C) groups is 1. The molecule has 0 saturated heterocycles. The summed E-state index contributed by atoms with van der Waals surface area (Å²) in [7, 11) is 0. The number of aryl methyl sites for hydroxylation is 1. The van der Waals surface area contributed by atoms with Crippen molar-refractivity contribution in [2.45, 2.75) is 6.92 Å². The maximum atomic E-state index is 6.01. The van der Waals surface area contributed by atoms with E-state index in [0.717, 1.165) is 22.3 Å². The van der Waals surface area contributed by atoms with Crippen LogP contribution in [-0.4, -0.2) is 17.9 Å². The third-order valence-corrected chi connectivity index (χ3v) is 5.98. The third kappa shape index (κ3) is 2.93. The Morgan fingerprint density at radius 2 is 1.89 bits per heavy atom. The van der Waals surface area contributed by atoms with E-state index in [-0.39, 0.29) is 0 Å². The van der Waals surface area contributed by atoms with Crippen molar-refractivity contribution in [3.63, 3.8) is 0 Å². The summed E-state index contributed by atoms with van der Waals surface area (Å²) >= 11 is 7.72. The van der Waals surface area contributed by atoms with Crippen molar-refractivity contribution >= 4 is 62.8 Å². The van der Waals surface area contributed by atoms with Crippen LogP contribution in [0.1, 0.15) is 10.4 Å². The maximum absolute atomic E-state index is 6.01. The van der Waals surface area contributed by atoms with Gasteiger partial charge in [-0.2, -0.15) is 0 Å². The molecule has 0 unspecified atom stereocenters. The first-order valence-electron chi connectivity index (χ1n) is 8.96. The first kappa shape index (κ1) is 17.2. The van der Waals surface area contributed by atoms with E-state index in [9.17, 15) is 0 Å². The van der Waals surface area contributed by atoms with E-state index >= 15 is 0 Å². The van der Waals surface area contributed by atoms with Gasteiger partial charge in [0.05, 0.1) is 16.3 Å². The van der Waals surface area contributed by atoms with Gasteiger partial charge in [0.1, 0.15) is 12.5 Å². The summed E-state index contributed by atoms with van der Waals surface area (Å²) in [6, 6.07) is 16.2. The van der Waals surface area contributed by atoms with Crippen LogP contribution < -0.4 is 10.2 Å². The van der Waals surface area contributed by atoms with Gasteiger partial charge >= 0.3 is 0 Å². The first-order chi connectivity index (χ1) is 13.7. The number of aromatic nitrogens is 1. The maximum Gasteiger partial charge on any atom is 0.138 e. The molecule has 4 aromatic rings. The van der Waals surface area contributed by atoms with Gasteiger partial charge in [0, 0.05) is 33.9 Å². The third-order valence-electron chi connectivity index (χ3n) is 4.89. The molecule has 2 aromatic heterocycles. The van der Waals surface area contributed by atoms with E-state index in [1.54, 1.807) is 11.3 Å². The van der Waals surface area contributed by atoms with Crippen LogP contribution in [-0.2, 0) is 0 Å². The summed E-state index contributed by atoms with van der Waals surface area (Å²) in [6.45, 7) is 2.76. The number of nitrogens with zero attached hydrogens (tertiary/aromatic N) is 3. The molecule has 0 atom stereocenters.